The van der Waals surface area contributed by atoms with Gasteiger partial charge < -0.3 is 38.4 Å². The van der Waals surface area contributed by atoms with Crippen molar-refractivity contribution in [3.05, 3.63) is 127 Å². The first-order chi connectivity index (χ1) is 37.4. The zero-order valence-corrected chi connectivity index (χ0v) is 46.2. The molecule has 4 aromatic heterocycles. The molecule has 2 saturated heterocycles. The number of nitrogens with one attached hydrogen (secondary N) is 1. The van der Waals surface area contributed by atoms with Crippen LogP contribution in [-0.4, -0.2) is 126 Å². The number of ether oxygens (including phenoxy) is 2. The third kappa shape index (κ3) is 11.6. The molecule has 0 radical (unpaired) electrons. The average molecular weight is 1120 g/mol. The van der Waals surface area contributed by atoms with Crippen LogP contribution in [0.25, 0.3) is 44.3 Å². The zero-order chi connectivity index (χ0) is 53.9. The van der Waals surface area contributed by atoms with Gasteiger partial charge in [-0.15, -0.1) is 0 Å². The Bertz CT molecular complexity index is 3420. The quantitative estimate of drug-likeness (QED) is 0.0851. The molecule has 0 atom stereocenters. The van der Waals surface area contributed by atoms with E-state index in [1.807, 2.05) is 50.5 Å². The highest BCUT2D eigenvalue weighted by atomic mass is 35.5. The molecule has 0 spiro atoms. The van der Waals surface area contributed by atoms with Crippen LogP contribution < -0.4 is 15.1 Å². The van der Waals surface area contributed by atoms with Crippen molar-refractivity contribution in [2.45, 2.75) is 50.4 Å². The van der Waals surface area contributed by atoms with Gasteiger partial charge in [-0.25, -0.2) is 9.59 Å². The van der Waals surface area contributed by atoms with Crippen molar-refractivity contribution in [3.63, 3.8) is 0 Å². The molecule has 0 amide bonds. The Morgan fingerprint density at radius 1 is 0.636 bits per heavy atom. The molecular formula is C56H58Cl4N10O7. The van der Waals surface area contributed by atoms with E-state index >= 15 is 0 Å². The molecule has 4 fully saturated rings. The van der Waals surface area contributed by atoms with Gasteiger partial charge in [0.05, 0.1) is 45.3 Å². The number of nitrogens with zero attached hydrogens (tertiary/aromatic N) is 9. The molecule has 0 unspecified atom stereocenters. The fourth-order valence-electron chi connectivity index (χ4n) is 10.1. The molecule has 17 nitrogen and oxygen atoms in total. The Hall–Kier alpha value is -6.47. The molecule has 4 aromatic carbocycles. The predicted molar refractivity (Wildman–Crippen MR) is 299 cm³/mol. The normalized spacial score (nSPS) is 15.7. The Morgan fingerprint density at radius 2 is 1.08 bits per heavy atom. The number of halogens is 4. The van der Waals surface area contributed by atoms with Crippen molar-refractivity contribution < 1.29 is 32.9 Å². The van der Waals surface area contributed by atoms with Gasteiger partial charge in [-0.1, -0.05) is 68.8 Å². The highest BCUT2D eigenvalue weighted by molar-refractivity contribution is 6.39. The van der Waals surface area contributed by atoms with Gasteiger partial charge in [0.2, 0.25) is 0 Å². The topological polar surface area (TPSA) is 179 Å². The minimum absolute atomic E-state index is 0.270. The average Bonchev–Trinajstić information content (AvgIpc) is 4.38. The van der Waals surface area contributed by atoms with Crippen LogP contribution in [0.4, 0.5) is 11.4 Å². The van der Waals surface area contributed by atoms with E-state index in [0.717, 1.165) is 159 Å². The number of carbonyl (C=O) groups is 3. The largest absolute Gasteiger partial charge is 0.464 e. The van der Waals surface area contributed by atoms with Crippen molar-refractivity contribution >= 4 is 97.8 Å². The second kappa shape index (κ2) is 23.6. The summed E-state index contributed by atoms with van der Waals surface area (Å²) in [6, 6.07) is 23.0. The van der Waals surface area contributed by atoms with Gasteiger partial charge in [0.15, 0.2) is 11.4 Å². The second-order valence-corrected chi connectivity index (χ2v) is 21.1. The highest BCUT2D eigenvalue weighted by Gasteiger charge is 2.35. The summed E-state index contributed by atoms with van der Waals surface area (Å²) in [5, 5.41) is 24.3. The first-order valence-electron chi connectivity index (χ1n) is 25.7. The van der Waals surface area contributed by atoms with Crippen LogP contribution in [0.2, 0.25) is 20.1 Å². The molecule has 2 aliphatic heterocycles. The first kappa shape index (κ1) is 53.9. The van der Waals surface area contributed by atoms with Crippen LogP contribution >= 0.6 is 46.4 Å². The Morgan fingerprint density at radius 3 is 1.52 bits per heavy atom. The number of aryl methyl sites for hydroxylation is 2. The van der Waals surface area contributed by atoms with Crippen LogP contribution in [-0.2, 0) is 41.2 Å². The Kier molecular flexibility index (Phi) is 16.6. The van der Waals surface area contributed by atoms with E-state index < -0.39 is 11.9 Å². The van der Waals surface area contributed by atoms with Crippen molar-refractivity contribution in [2.24, 2.45) is 14.1 Å². The number of hydrogen-bond donors (Lipinski definition) is 1. The van der Waals surface area contributed by atoms with E-state index in [-0.39, 0.29) is 6.42 Å². The van der Waals surface area contributed by atoms with Crippen LogP contribution in [0.1, 0.15) is 81.1 Å². The monoisotopic (exact) mass is 1120 g/mol. The number of piperazine rings is 2. The van der Waals surface area contributed by atoms with Crippen molar-refractivity contribution in [1.82, 2.24) is 40.1 Å². The zero-order valence-electron chi connectivity index (χ0n) is 43.2. The van der Waals surface area contributed by atoms with Crippen LogP contribution in [0.15, 0.2) is 81.8 Å². The molecule has 4 aliphatic rings. The lowest BCUT2D eigenvalue weighted by atomic mass is 10.0. The first-order valence-corrected chi connectivity index (χ1v) is 27.2. The molecule has 402 valence electrons. The van der Waals surface area contributed by atoms with Gasteiger partial charge in [0.1, 0.15) is 29.2 Å². The molecule has 6 heterocycles. The van der Waals surface area contributed by atoms with Crippen LogP contribution in [0.5, 0.6) is 0 Å². The number of methoxy groups -OCH3 is 2. The number of esters is 2. The number of carbonyl (C=O) groups excluding carboxylic acids is 3. The number of hydrogen-bond acceptors (Lipinski definition) is 15. The van der Waals surface area contributed by atoms with Gasteiger partial charge in [-0.05, 0) is 92.8 Å². The standard InChI is InChI=1S/C28H29Cl2N5O3.C14H11Cl2NO2.C14H18N4O2/c1-33-23-16-18(8-9-19(23)26(31-33)28(36)37-2)35-14-12-34(13-15-35)11-10-20-25(32-38-27(20)17-6-7-17)24-21(29)4-3-5-22(24)30;15-10-2-1-3-11(16)12(10)13-9(6-7-18)14(19-17-13)8-4-5-8;1-17-12-9-10(18-7-5-15-6-8-18)3-4-11(12)13(16-17)14(19)20-2/h3-5,8-9,16-17H,6-7,10-15H2,1-2H3;1-3,7-8H,4-6H2;3-4,9,15H,5-8H2,1-2H3. The Balaban J connectivity index is 0.000000145. The van der Waals surface area contributed by atoms with E-state index in [4.69, 9.17) is 64.9 Å². The molecule has 21 heteroatoms. The van der Waals surface area contributed by atoms with E-state index in [1.165, 1.54) is 19.9 Å². The second-order valence-electron chi connectivity index (χ2n) is 19.5. The summed E-state index contributed by atoms with van der Waals surface area (Å²) >= 11 is 25.4. The highest BCUT2D eigenvalue weighted by Crippen LogP contribution is 2.47. The number of rotatable bonds is 13. The predicted octanol–water partition coefficient (Wildman–Crippen LogP) is 10.6. The summed E-state index contributed by atoms with van der Waals surface area (Å²) in [7, 11) is 6.44. The lowest BCUT2D eigenvalue weighted by molar-refractivity contribution is -0.107. The maximum atomic E-state index is 12.1. The van der Waals surface area contributed by atoms with E-state index in [2.05, 4.69) is 58.7 Å². The molecule has 2 aliphatic carbocycles. The fraction of sp³-hybridized carbons (Fsp3) is 0.375. The lowest BCUT2D eigenvalue weighted by Gasteiger charge is -2.36. The van der Waals surface area contributed by atoms with E-state index in [1.54, 1.807) is 27.6 Å². The molecule has 8 aromatic rings. The summed E-state index contributed by atoms with van der Waals surface area (Å²) in [5.41, 5.74) is 9.57. The number of anilines is 2. The van der Waals surface area contributed by atoms with Crippen molar-refractivity contribution in [2.75, 3.05) is 82.9 Å². The lowest BCUT2D eigenvalue weighted by Crippen LogP contribution is -2.47. The molecular weight excluding hydrogens is 1070 g/mol. The van der Waals surface area contributed by atoms with Gasteiger partial charge >= 0.3 is 11.9 Å². The van der Waals surface area contributed by atoms with Crippen LogP contribution in [0.3, 0.4) is 0 Å². The third-order valence-corrected chi connectivity index (χ3v) is 15.8. The summed E-state index contributed by atoms with van der Waals surface area (Å²) in [6.07, 6.45) is 6.40. The van der Waals surface area contributed by atoms with Gasteiger partial charge in [0, 0.05) is 136 Å². The van der Waals surface area contributed by atoms with Gasteiger partial charge in [-0.2, -0.15) is 10.2 Å². The van der Waals surface area contributed by atoms with Crippen molar-refractivity contribution in [1.29, 1.82) is 0 Å². The number of fused-ring (bicyclic) bond motifs is 2. The maximum Gasteiger partial charge on any atom is 0.359 e. The minimum atomic E-state index is -0.422. The molecule has 0 bridgehead atoms. The Labute approximate surface area is 465 Å². The maximum absolute atomic E-state index is 12.1. The third-order valence-electron chi connectivity index (χ3n) is 14.5. The summed E-state index contributed by atoms with van der Waals surface area (Å²) in [4.78, 5) is 41.9. The van der Waals surface area contributed by atoms with E-state index in [9.17, 15) is 14.4 Å². The molecule has 2 saturated carbocycles. The SMILES string of the molecule is COC(=O)c1nn(C)c2cc(N3CCN(CCc4c(-c5c(Cl)cccc5Cl)noc4C4CC4)CC3)ccc12.COC(=O)c1nn(C)c2cc(N3CCNCC3)ccc12.O=CCc1c(-c2c(Cl)cccc2Cl)noc1C1CC1. The summed E-state index contributed by atoms with van der Waals surface area (Å²) in [5.74, 6) is 1.81. The molecule has 1 N–H and O–H groups in total. The van der Waals surface area contributed by atoms with Crippen LogP contribution in [0, 0.1) is 0 Å². The van der Waals surface area contributed by atoms with E-state index in [0.29, 0.717) is 54.6 Å². The van der Waals surface area contributed by atoms with Crippen molar-refractivity contribution in [3.8, 4) is 22.5 Å². The van der Waals surface area contributed by atoms with Gasteiger partial charge in [0.25, 0.3) is 0 Å². The smallest absolute Gasteiger partial charge is 0.359 e. The summed E-state index contributed by atoms with van der Waals surface area (Å²) < 4.78 is 24.4. The minimum Gasteiger partial charge on any atom is -0.464 e. The molecule has 12 rings (SSSR count). The molecule has 77 heavy (non-hydrogen) atoms. The summed E-state index contributed by atoms with van der Waals surface area (Å²) in [6.45, 7) is 8.61. The number of aromatic nitrogens is 6. The number of aldehydes is 1. The number of benzene rings is 4. The van der Waals surface area contributed by atoms with Gasteiger partial charge in [-0.3, -0.25) is 14.3 Å². The fourth-order valence-corrected chi connectivity index (χ4v) is 11.3.